The molecule has 0 spiro atoms. The monoisotopic (exact) mass is 582 g/mol. The number of nitrogens with one attached hydrogen (secondary N) is 2. The van der Waals surface area contributed by atoms with Crippen molar-refractivity contribution in [2.45, 2.75) is 12.5 Å². The Balaban J connectivity index is 1.31. The van der Waals surface area contributed by atoms with E-state index in [9.17, 15) is 28.0 Å². The molecule has 3 aromatic carbocycles. The van der Waals surface area contributed by atoms with Crippen LogP contribution in [0.15, 0.2) is 73.1 Å². The van der Waals surface area contributed by atoms with E-state index < -0.39 is 35.4 Å². The number of anilines is 2. The van der Waals surface area contributed by atoms with Gasteiger partial charge in [-0.2, -0.15) is 0 Å². The smallest absolute Gasteiger partial charge is 0.261 e. The van der Waals surface area contributed by atoms with E-state index in [1.165, 1.54) is 36.7 Å². The van der Waals surface area contributed by atoms with Crippen LogP contribution >= 0.6 is 0 Å². The molecular weight excluding hydrogens is 558 g/mol. The van der Waals surface area contributed by atoms with Gasteiger partial charge in [0.25, 0.3) is 17.7 Å². The summed E-state index contributed by atoms with van der Waals surface area (Å²) in [4.78, 5) is 62.7. The quantitative estimate of drug-likeness (QED) is 0.320. The summed E-state index contributed by atoms with van der Waals surface area (Å²) in [5, 5.41) is 5.47. The van der Waals surface area contributed by atoms with Crippen molar-refractivity contribution in [3.05, 3.63) is 107 Å². The van der Waals surface area contributed by atoms with E-state index in [1.54, 1.807) is 42.3 Å². The highest BCUT2D eigenvalue weighted by molar-refractivity contribution is 6.21. The number of hydrogen-bond donors (Lipinski definition) is 2. The minimum absolute atomic E-state index is 0.0373. The highest BCUT2D eigenvalue weighted by atomic mass is 19.1. The SMILES string of the molecule is CN1CC(=O)Nc2ncnc(-c3cc(F)cc(C(=O)N[C@@H](Cc4cccc(F)c4)CN4C(=O)c5ccccc5C4=O)c3)c21. The predicted molar refractivity (Wildman–Crippen MR) is 152 cm³/mol. The highest BCUT2D eigenvalue weighted by Gasteiger charge is 2.37. The second-order valence-electron chi connectivity index (χ2n) is 10.3. The standard InChI is InChI=1S/C31H24F2N6O4/c1-38-15-25(40)37-28-27(38)26(34-16-35-28)18-11-19(13-21(33)12-18)29(41)36-22(10-17-5-4-6-20(32)9-17)14-39-30(42)23-7-2-3-8-24(23)31(39)43/h2-9,11-13,16,22H,10,14-15H2,1H3,(H,36,41)(H,34,35,37,40)/t22-/m0/s1. The lowest BCUT2D eigenvalue weighted by molar-refractivity contribution is -0.115. The lowest BCUT2D eigenvalue weighted by Crippen LogP contribution is -2.47. The Morgan fingerprint density at radius 2 is 1.70 bits per heavy atom. The lowest BCUT2D eigenvalue weighted by atomic mass is 10.0. The van der Waals surface area contributed by atoms with Gasteiger partial charge in [0.15, 0.2) is 5.82 Å². The maximum atomic E-state index is 14.9. The molecule has 12 heteroatoms. The molecule has 0 saturated heterocycles. The molecule has 216 valence electrons. The molecule has 0 aliphatic carbocycles. The summed E-state index contributed by atoms with van der Waals surface area (Å²) in [6.07, 6.45) is 1.32. The molecular formula is C31H24F2N6O4. The van der Waals surface area contributed by atoms with Gasteiger partial charge in [0.1, 0.15) is 23.6 Å². The first kappa shape index (κ1) is 27.6. The number of nitrogens with zero attached hydrogens (tertiary/aromatic N) is 4. The average Bonchev–Trinajstić information content (AvgIpc) is 3.21. The van der Waals surface area contributed by atoms with E-state index in [0.717, 1.165) is 11.0 Å². The molecule has 0 radical (unpaired) electrons. The van der Waals surface area contributed by atoms with Crippen molar-refractivity contribution < 1.29 is 28.0 Å². The summed E-state index contributed by atoms with van der Waals surface area (Å²) in [6.45, 7) is -0.156. The summed E-state index contributed by atoms with van der Waals surface area (Å²) >= 11 is 0. The molecule has 2 aliphatic rings. The molecule has 0 saturated carbocycles. The van der Waals surface area contributed by atoms with Crippen molar-refractivity contribution in [1.82, 2.24) is 20.2 Å². The fourth-order valence-corrected chi connectivity index (χ4v) is 5.37. The molecule has 3 heterocycles. The van der Waals surface area contributed by atoms with Crippen molar-refractivity contribution in [3.8, 4) is 11.3 Å². The van der Waals surface area contributed by atoms with Crippen LogP contribution < -0.4 is 15.5 Å². The van der Waals surface area contributed by atoms with Crippen LogP contribution in [0.2, 0.25) is 0 Å². The van der Waals surface area contributed by atoms with Gasteiger partial charge in [-0.25, -0.2) is 18.7 Å². The number of fused-ring (bicyclic) bond motifs is 2. The number of carbonyl (C=O) groups excluding carboxylic acids is 4. The van der Waals surface area contributed by atoms with E-state index >= 15 is 0 Å². The summed E-state index contributed by atoms with van der Waals surface area (Å²) in [5.41, 5.74) is 2.04. The third kappa shape index (κ3) is 5.42. The van der Waals surface area contributed by atoms with Gasteiger partial charge in [0.2, 0.25) is 5.91 Å². The van der Waals surface area contributed by atoms with Crippen molar-refractivity contribution >= 4 is 35.1 Å². The van der Waals surface area contributed by atoms with E-state index in [0.29, 0.717) is 16.9 Å². The Kier molecular flexibility index (Phi) is 7.10. The summed E-state index contributed by atoms with van der Waals surface area (Å²) in [6, 6.07) is 15.1. The van der Waals surface area contributed by atoms with Gasteiger partial charge < -0.3 is 15.5 Å². The molecule has 1 atom stereocenters. The Bertz CT molecular complexity index is 1780. The van der Waals surface area contributed by atoms with Gasteiger partial charge in [-0.3, -0.25) is 24.1 Å². The second kappa shape index (κ2) is 11.0. The molecule has 2 aliphatic heterocycles. The van der Waals surface area contributed by atoms with E-state index in [1.807, 2.05) is 0 Å². The summed E-state index contributed by atoms with van der Waals surface area (Å²) < 4.78 is 28.9. The minimum atomic E-state index is -0.837. The fourth-order valence-electron chi connectivity index (χ4n) is 5.37. The molecule has 4 aromatic rings. The highest BCUT2D eigenvalue weighted by Crippen LogP contribution is 2.36. The molecule has 1 aromatic heterocycles. The largest absolute Gasteiger partial charge is 0.361 e. The third-order valence-corrected chi connectivity index (χ3v) is 7.26. The zero-order valence-corrected chi connectivity index (χ0v) is 22.8. The average molecular weight is 583 g/mol. The van der Waals surface area contributed by atoms with Crippen molar-refractivity contribution in [3.63, 3.8) is 0 Å². The lowest BCUT2D eigenvalue weighted by Gasteiger charge is -2.28. The zero-order valence-electron chi connectivity index (χ0n) is 22.8. The minimum Gasteiger partial charge on any atom is -0.361 e. The topological polar surface area (TPSA) is 125 Å². The van der Waals surface area contributed by atoms with Crippen LogP contribution in [-0.2, 0) is 11.2 Å². The Labute approximate surface area is 244 Å². The fraction of sp³-hybridized carbons (Fsp3) is 0.161. The Hall–Kier alpha value is -5.52. The van der Waals surface area contributed by atoms with Gasteiger partial charge in [0, 0.05) is 24.7 Å². The number of imide groups is 1. The normalized spacial score (nSPS) is 14.7. The first-order valence-corrected chi connectivity index (χ1v) is 13.4. The summed E-state index contributed by atoms with van der Waals surface area (Å²) in [7, 11) is 1.67. The number of aromatic nitrogens is 2. The van der Waals surface area contributed by atoms with Crippen molar-refractivity contribution in [1.29, 1.82) is 0 Å². The number of halogens is 2. The van der Waals surface area contributed by atoms with Gasteiger partial charge in [-0.05, 0) is 54.4 Å². The van der Waals surface area contributed by atoms with Gasteiger partial charge in [-0.15, -0.1) is 0 Å². The summed E-state index contributed by atoms with van der Waals surface area (Å²) in [5.74, 6) is -2.87. The van der Waals surface area contributed by atoms with Gasteiger partial charge in [0.05, 0.1) is 29.4 Å². The number of amides is 4. The Morgan fingerprint density at radius 1 is 0.953 bits per heavy atom. The number of likely N-dealkylation sites (N-methyl/N-ethyl adjacent to an activating group) is 1. The zero-order chi connectivity index (χ0) is 30.2. The molecule has 0 unspecified atom stereocenters. The first-order chi connectivity index (χ1) is 20.7. The molecule has 2 N–H and O–H groups in total. The van der Waals surface area contributed by atoms with Crippen LogP contribution in [0.1, 0.15) is 36.6 Å². The number of carbonyl (C=O) groups is 4. The number of rotatable bonds is 7. The van der Waals surface area contributed by atoms with Crippen molar-refractivity contribution in [2.75, 3.05) is 30.4 Å². The number of hydrogen-bond acceptors (Lipinski definition) is 7. The van der Waals surface area contributed by atoms with Crippen LogP contribution in [0.5, 0.6) is 0 Å². The van der Waals surface area contributed by atoms with E-state index in [-0.39, 0.29) is 53.5 Å². The maximum Gasteiger partial charge on any atom is 0.261 e. The van der Waals surface area contributed by atoms with Crippen LogP contribution in [-0.4, -0.2) is 64.7 Å². The third-order valence-electron chi connectivity index (χ3n) is 7.26. The van der Waals surface area contributed by atoms with Crippen LogP contribution in [0, 0.1) is 11.6 Å². The van der Waals surface area contributed by atoms with Crippen LogP contribution in [0.25, 0.3) is 11.3 Å². The van der Waals surface area contributed by atoms with Crippen LogP contribution in [0.4, 0.5) is 20.3 Å². The van der Waals surface area contributed by atoms with Gasteiger partial charge >= 0.3 is 0 Å². The molecule has 4 amide bonds. The molecule has 6 rings (SSSR count). The van der Waals surface area contributed by atoms with E-state index in [2.05, 4.69) is 20.6 Å². The Morgan fingerprint density at radius 3 is 2.42 bits per heavy atom. The van der Waals surface area contributed by atoms with Gasteiger partial charge in [-0.1, -0.05) is 24.3 Å². The molecule has 10 nitrogen and oxygen atoms in total. The van der Waals surface area contributed by atoms with Crippen molar-refractivity contribution in [2.24, 2.45) is 0 Å². The molecule has 0 fully saturated rings. The first-order valence-electron chi connectivity index (χ1n) is 13.4. The van der Waals surface area contributed by atoms with Crippen LogP contribution in [0.3, 0.4) is 0 Å². The molecule has 0 bridgehead atoms. The predicted octanol–water partition coefficient (Wildman–Crippen LogP) is 3.45. The maximum absolute atomic E-state index is 14.9. The number of benzene rings is 3. The van der Waals surface area contributed by atoms with E-state index in [4.69, 9.17) is 0 Å². The second-order valence-corrected chi connectivity index (χ2v) is 10.3. The molecule has 43 heavy (non-hydrogen) atoms.